The molecular formula is C14H12Cl2N4. The second kappa shape index (κ2) is 7.09. The molecule has 0 fully saturated rings. The van der Waals surface area contributed by atoms with Crippen LogP contribution in [-0.2, 0) is 6.42 Å². The summed E-state index contributed by atoms with van der Waals surface area (Å²) in [6.45, 7) is 0.687. The SMILES string of the molecule is N#Cc1nccnc1NCCCc1ccc(Cl)cc1Cl. The smallest absolute Gasteiger partial charge is 0.182 e. The van der Waals surface area contributed by atoms with E-state index in [4.69, 9.17) is 28.5 Å². The largest absolute Gasteiger partial charge is 0.368 e. The maximum Gasteiger partial charge on any atom is 0.182 e. The highest BCUT2D eigenvalue weighted by atomic mass is 35.5. The lowest BCUT2D eigenvalue weighted by Crippen LogP contribution is -2.07. The number of aromatic nitrogens is 2. The van der Waals surface area contributed by atoms with Gasteiger partial charge in [-0.3, -0.25) is 0 Å². The molecule has 0 spiro atoms. The summed E-state index contributed by atoms with van der Waals surface area (Å²) in [7, 11) is 0. The highest BCUT2D eigenvalue weighted by Crippen LogP contribution is 2.22. The molecular weight excluding hydrogens is 295 g/mol. The second-order valence-electron chi connectivity index (χ2n) is 4.13. The van der Waals surface area contributed by atoms with Gasteiger partial charge in [0, 0.05) is 29.0 Å². The fourth-order valence-electron chi connectivity index (χ4n) is 1.76. The zero-order chi connectivity index (χ0) is 14.4. The van der Waals surface area contributed by atoms with Crippen molar-refractivity contribution in [2.75, 3.05) is 11.9 Å². The molecule has 0 aliphatic rings. The van der Waals surface area contributed by atoms with E-state index in [9.17, 15) is 0 Å². The highest BCUT2D eigenvalue weighted by Gasteiger charge is 2.04. The number of rotatable bonds is 5. The van der Waals surface area contributed by atoms with Gasteiger partial charge in [0.05, 0.1) is 0 Å². The summed E-state index contributed by atoms with van der Waals surface area (Å²) in [5.74, 6) is 0.511. The Labute approximate surface area is 127 Å². The van der Waals surface area contributed by atoms with E-state index in [2.05, 4.69) is 15.3 Å². The highest BCUT2D eigenvalue weighted by molar-refractivity contribution is 6.35. The fourth-order valence-corrected chi connectivity index (χ4v) is 2.26. The van der Waals surface area contributed by atoms with Crippen molar-refractivity contribution in [1.29, 1.82) is 5.26 Å². The molecule has 0 saturated heterocycles. The summed E-state index contributed by atoms with van der Waals surface area (Å²) in [5, 5.41) is 13.3. The van der Waals surface area contributed by atoms with Crippen LogP contribution < -0.4 is 5.32 Å². The molecule has 4 nitrogen and oxygen atoms in total. The third-order valence-corrected chi connectivity index (χ3v) is 3.32. The average Bonchev–Trinajstić information content (AvgIpc) is 2.46. The van der Waals surface area contributed by atoms with Crippen molar-refractivity contribution in [1.82, 2.24) is 9.97 Å². The Balaban J connectivity index is 1.86. The van der Waals surface area contributed by atoms with Crippen molar-refractivity contribution in [3.05, 3.63) is 51.9 Å². The molecule has 0 radical (unpaired) electrons. The van der Waals surface area contributed by atoms with E-state index in [1.54, 1.807) is 12.3 Å². The van der Waals surface area contributed by atoms with Crippen LogP contribution in [0.1, 0.15) is 17.7 Å². The van der Waals surface area contributed by atoms with Crippen LogP contribution in [0.5, 0.6) is 0 Å². The lowest BCUT2D eigenvalue weighted by molar-refractivity contribution is 0.857. The zero-order valence-electron chi connectivity index (χ0n) is 10.6. The Morgan fingerprint density at radius 3 is 2.75 bits per heavy atom. The van der Waals surface area contributed by atoms with Crippen molar-refractivity contribution in [2.24, 2.45) is 0 Å². The van der Waals surface area contributed by atoms with Crippen LogP contribution in [-0.4, -0.2) is 16.5 Å². The van der Waals surface area contributed by atoms with E-state index in [0.29, 0.717) is 28.1 Å². The van der Waals surface area contributed by atoms with Gasteiger partial charge in [-0.15, -0.1) is 0 Å². The quantitative estimate of drug-likeness (QED) is 0.856. The van der Waals surface area contributed by atoms with Gasteiger partial charge in [-0.25, -0.2) is 9.97 Å². The van der Waals surface area contributed by atoms with Crippen LogP contribution in [0, 0.1) is 11.3 Å². The Hall–Kier alpha value is -1.83. The molecule has 102 valence electrons. The Kier molecular flexibility index (Phi) is 5.16. The Morgan fingerprint density at radius 2 is 2.00 bits per heavy atom. The molecule has 20 heavy (non-hydrogen) atoms. The Bertz CT molecular complexity index is 637. The molecule has 0 aliphatic carbocycles. The van der Waals surface area contributed by atoms with Crippen LogP contribution in [0.2, 0.25) is 10.0 Å². The number of hydrogen-bond donors (Lipinski definition) is 1. The molecule has 0 saturated carbocycles. The van der Waals surface area contributed by atoms with Gasteiger partial charge in [0.2, 0.25) is 0 Å². The first-order valence-corrected chi connectivity index (χ1v) is 6.85. The molecule has 1 aromatic heterocycles. The van der Waals surface area contributed by atoms with Crippen molar-refractivity contribution < 1.29 is 0 Å². The molecule has 0 atom stereocenters. The number of nitrogens with one attached hydrogen (secondary N) is 1. The maximum atomic E-state index is 8.89. The van der Waals surface area contributed by atoms with Crippen molar-refractivity contribution in [2.45, 2.75) is 12.8 Å². The van der Waals surface area contributed by atoms with Gasteiger partial charge >= 0.3 is 0 Å². The average molecular weight is 307 g/mol. The van der Waals surface area contributed by atoms with Crippen molar-refractivity contribution in [3.63, 3.8) is 0 Å². The topological polar surface area (TPSA) is 61.6 Å². The van der Waals surface area contributed by atoms with Gasteiger partial charge in [-0.2, -0.15) is 5.26 Å². The third kappa shape index (κ3) is 3.83. The summed E-state index contributed by atoms with van der Waals surface area (Å²) in [5.41, 5.74) is 1.36. The number of aryl methyl sites for hydroxylation is 1. The van der Waals surface area contributed by atoms with E-state index in [-0.39, 0.29) is 0 Å². The number of anilines is 1. The molecule has 1 N–H and O–H groups in total. The summed E-state index contributed by atoms with van der Waals surface area (Å²) < 4.78 is 0. The minimum absolute atomic E-state index is 0.303. The summed E-state index contributed by atoms with van der Waals surface area (Å²) in [6.07, 6.45) is 4.74. The van der Waals surface area contributed by atoms with Crippen LogP contribution in [0.4, 0.5) is 5.82 Å². The van der Waals surface area contributed by atoms with Crippen LogP contribution in [0.15, 0.2) is 30.6 Å². The molecule has 1 heterocycles. The van der Waals surface area contributed by atoms with E-state index in [0.717, 1.165) is 18.4 Å². The number of nitrogens with zero attached hydrogens (tertiary/aromatic N) is 3. The monoisotopic (exact) mass is 306 g/mol. The first-order chi connectivity index (χ1) is 9.70. The lowest BCUT2D eigenvalue weighted by atomic mass is 10.1. The first-order valence-electron chi connectivity index (χ1n) is 6.09. The third-order valence-electron chi connectivity index (χ3n) is 2.73. The molecule has 2 rings (SSSR count). The predicted molar refractivity (Wildman–Crippen MR) is 80.0 cm³/mol. The minimum atomic E-state index is 0.303. The number of hydrogen-bond acceptors (Lipinski definition) is 4. The van der Waals surface area contributed by atoms with Gasteiger partial charge in [0.15, 0.2) is 11.5 Å². The van der Waals surface area contributed by atoms with E-state index in [1.165, 1.54) is 6.20 Å². The lowest BCUT2D eigenvalue weighted by Gasteiger charge is -2.07. The van der Waals surface area contributed by atoms with E-state index in [1.807, 2.05) is 18.2 Å². The normalized spacial score (nSPS) is 10.1. The van der Waals surface area contributed by atoms with Gasteiger partial charge < -0.3 is 5.32 Å². The number of benzene rings is 1. The van der Waals surface area contributed by atoms with Gasteiger partial charge in [-0.05, 0) is 30.5 Å². The molecule has 2 aromatic rings. The molecule has 0 aliphatic heterocycles. The van der Waals surface area contributed by atoms with Crippen LogP contribution in [0.3, 0.4) is 0 Å². The number of halogens is 2. The van der Waals surface area contributed by atoms with Gasteiger partial charge in [0.1, 0.15) is 6.07 Å². The molecule has 0 bridgehead atoms. The molecule has 0 unspecified atom stereocenters. The fraction of sp³-hybridized carbons (Fsp3) is 0.214. The first kappa shape index (κ1) is 14.6. The maximum absolute atomic E-state index is 8.89. The second-order valence-corrected chi connectivity index (χ2v) is 4.98. The number of nitriles is 1. The minimum Gasteiger partial charge on any atom is -0.368 e. The summed E-state index contributed by atoms with van der Waals surface area (Å²) in [4.78, 5) is 8.02. The van der Waals surface area contributed by atoms with Gasteiger partial charge in [0.25, 0.3) is 0 Å². The van der Waals surface area contributed by atoms with Crippen molar-refractivity contribution >= 4 is 29.0 Å². The summed E-state index contributed by atoms with van der Waals surface area (Å²) >= 11 is 12.0. The van der Waals surface area contributed by atoms with E-state index >= 15 is 0 Å². The zero-order valence-corrected chi connectivity index (χ0v) is 12.1. The molecule has 0 amide bonds. The molecule has 1 aromatic carbocycles. The standard InChI is InChI=1S/C14H12Cl2N4/c15-11-4-3-10(12(16)8-11)2-1-5-19-14-13(9-17)18-6-7-20-14/h3-4,6-8H,1-2,5H2,(H,19,20). The van der Waals surface area contributed by atoms with Gasteiger partial charge in [-0.1, -0.05) is 29.3 Å². The Morgan fingerprint density at radius 1 is 1.20 bits per heavy atom. The summed E-state index contributed by atoms with van der Waals surface area (Å²) in [6, 6.07) is 7.49. The van der Waals surface area contributed by atoms with Crippen LogP contribution >= 0.6 is 23.2 Å². The predicted octanol–water partition coefficient (Wildman–Crippen LogP) is 3.70. The molecule has 6 heteroatoms. The van der Waals surface area contributed by atoms with Crippen LogP contribution in [0.25, 0.3) is 0 Å². The van der Waals surface area contributed by atoms with Crippen molar-refractivity contribution in [3.8, 4) is 6.07 Å². The van der Waals surface area contributed by atoms with E-state index < -0.39 is 0 Å².